The highest BCUT2D eigenvalue weighted by molar-refractivity contribution is 7.99. The lowest BCUT2D eigenvalue weighted by Gasteiger charge is -2.24. The van der Waals surface area contributed by atoms with Gasteiger partial charge in [-0.25, -0.2) is 14.6 Å². The normalized spacial score (nSPS) is 34.7. The SMILES string of the molecule is CCCSc1nc(N[C@@H]2C[C@H](OCCO)[C@H]3OC(C)(C)O[C@H]32)c2nnn([C@@H]3C[C@H](OCCO)[C@H]4OC(C)(C)O[C@H]43)c2n1. The zero-order chi connectivity index (χ0) is 29.6. The number of aliphatic hydroxyl groups is 2. The van der Waals surface area contributed by atoms with Crippen LogP contribution in [0.15, 0.2) is 5.16 Å². The van der Waals surface area contributed by atoms with Crippen LogP contribution in [0.25, 0.3) is 11.2 Å². The van der Waals surface area contributed by atoms with Crippen LogP contribution in [0.1, 0.15) is 59.9 Å². The lowest BCUT2D eigenvalue weighted by molar-refractivity contribution is -0.171. The van der Waals surface area contributed by atoms with Gasteiger partial charge in [0.05, 0.1) is 50.7 Å². The quantitative estimate of drug-likeness (QED) is 0.235. The molecule has 0 amide bonds. The Hall–Kier alpha value is -1.69. The predicted octanol–water partition coefficient (Wildman–Crippen LogP) is 1.65. The topological polar surface area (TPSA) is 164 Å². The number of aliphatic hydroxyl groups excluding tert-OH is 2. The van der Waals surface area contributed by atoms with Gasteiger partial charge in [-0.05, 0) is 40.5 Å². The van der Waals surface area contributed by atoms with Crippen LogP contribution in [-0.4, -0.2) is 122 Å². The molecular weight excluding hydrogens is 568 g/mol. The van der Waals surface area contributed by atoms with Crippen LogP contribution in [0.3, 0.4) is 0 Å². The van der Waals surface area contributed by atoms with E-state index in [2.05, 4.69) is 22.6 Å². The van der Waals surface area contributed by atoms with E-state index in [-0.39, 0.29) is 75.1 Å². The van der Waals surface area contributed by atoms with Crippen LogP contribution in [0.5, 0.6) is 0 Å². The largest absolute Gasteiger partial charge is 0.394 e. The van der Waals surface area contributed by atoms with Crippen molar-refractivity contribution in [3.05, 3.63) is 0 Å². The number of fused-ring (bicyclic) bond motifs is 3. The summed E-state index contributed by atoms with van der Waals surface area (Å²) >= 11 is 1.58. The maximum Gasteiger partial charge on any atom is 0.191 e. The molecule has 2 saturated heterocycles. The van der Waals surface area contributed by atoms with Crippen molar-refractivity contribution < 1.29 is 38.6 Å². The second kappa shape index (κ2) is 12.0. The highest BCUT2D eigenvalue weighted by Gasteiger charge is 2.57. The van der Waals surface area contributed by atoms with Crippen LogP contribution in [0, 0.1) is 0 Å². The van der Waals surface area contributed by atoms with Gasteiger partial charge >= 0.3 is 0 Å². The molecule has 2 aromatic heterocycles. The van der Waals surface area contributed by atoms with E-state index >= 15 is 0 Å². The van der Waals surface area contributed by atoms with Crippen LogP contribution in [0.2, 0.25) is 0 Å². The maximum absolute atomic E-state index is 9.37. The highest BCUT2D eigenvalue weighted by Crippen LogP contribution is 2.46. The van der Waals surface area contributed by atoms with Crippen molar-refractivity contribution in [1.29, 1.82) is 0 Å². The fraction of sp³-hybridized carbons (Fsp3) is 0.852. The number of thioether (sulfide) groups is 1. The molecule has 15 heteroatoms. The third-order valence-electron chi connectivity index (χ3n) is 8.02. The Bertz CT molecular complexity index is 1250. The Morgan fingerprint density at radius 3 is 2.19 bits per heavy atom. The van der Waals surface area contributed by atoms with Gasteiger partial charge < -0.3 is 44.0 Å². The molecule has 8 atom stereocenters. The summed E-state index contributed by atoms with van der Waals surface area (Å²) in [5.74, 6) is -0.108. The van der Waals surface area contributed by atoms with E-state index in [0.29, 0.717) is 35.0 Å². The molecule has 6 rings (SSSR count). The number of hydrogen-bond acceptors (Lipinski definition) is 14. The van der Waals surface area contributed by atoms with Crippen molar-refractivity contribution in [2.24, 2.45) is 0 Å². The molecule has 2 aliphatic heterocycles. The molecular formula is C27H42N6O8S. The first-order chi connectivity index (χ1) is 20.1. The number of aromatic nitrogens is 5. The molecule has 4 aliphatic rings. The standard InChI is InChI=1S/C27H42N6O8S/c1-6-11-42-25-29-23(28-14-12-16(36-9-7-34)21-19(14)38-26(2,3)40-21)18-24(30-25)33(32-31-18)15-13-17(37-10-8-35)22-20(15)39-27(4,5)41-22/h14-17,19-22,34-35H,6-13H2,1-5H3,(H,28,29,30)/t14-,15-,16+,17+,19+,20+,21-,22-/m1/s1. The minimum atomic E-state index is -0.778. The van der Waals surface area contributed by atoms with Gasteiger partial charge in [0.1, 0.15) is 24.4 Å². The number of hydrogen-bond donors (Lipinski definition) is 3. The molecule has 0 bridgehead atoms. The Labute approximate surface area is 249 Å². The lowest BCUT2D eigenvalue weighted by atomic mass is 10.2. The molecule has 14 nitrogen and oxygen atoms in total. The van der Waals surface area contributed by atoms with Gasteiger partial charge in [0.15, 0.2) is 33.7 Å². The molecule has 2 aliphatic carbocycles. The van der Waals surface area contributed by atoms with E-state index in [1.54, 1.807) is 11.8 Å². The predicted molar refractivity (Wildman–Crippen MR) is 151 cm³/mol. The number of nitrogens with zero attached hydrogens (tertiary/aromatic N) is 5. The van der Waals surface area contributed by atoms with Crippen LogP contribution >= 0.6 is 11.8 Å². The number of rotatable bonds is 12. The van der Waals surface area contributed by atoms with Crippen LogP contribution in [0.4, 0.5) is 5.82 Å². The molecule has 234 valence electrons. The minimum absolute atomic E-state index is 0.0647. The first-order valence-electron chi connectivity index (χ1n) is 14.8. The second-order valence-electron chi connectivity index (χ2n) is 12.1. The smallest absolute Gasteiger partial charge is 0.191 e. The molecule has 3 N–H and O–H groups in total. The summed E-state index contributed by atoms with van der Waals surface area (Å²) in [6.45, 7) is 9.97. The lowest BCUT2D eigenvalue weighted by Crippen LogP contribution is -2.35. The molecule has 0 spiro atoms. The maximum atomic E-state index is 9.37. The molecule has 42 heavy (non-hydrogen) atoms. The first kappa shape index (κ1) is 30.3. The molecule has 4 heterocycles. The van der Waals surface area contributed by atoms with Crippen molar-refractivity contribution in [1.82, 2.24) is 25.0 Å². The van der Waals surface area contributed by atoms with E-state index in [0.717, 1.165) is 12.2 Å². The Morgan fingerprint density at radius 1 is 0.905 bits per heavy atom. The Morgan fingerprint density at radius 2 is 1.52 bits per heavy atom. The van der Waals surface area contributed by atoms with Crippen molar-refractivity contribution >= 4 is 28.7 Å². The van der Waals surface area contributed by atoms with Crippen LogP contribution < -0.4 is 5.32 Å². The van der Waals surface area contributed by atoms with Crippen molar-refractivity contribution in [2.45, 2.75) is 119 Å². The Balaban J connectivity index is 1.33. The summed E-state index contributed by atoms with van der Waals surface area (Å²) in [5, 5.41) is 32.0. The summed E-state index contributed by atoms with van der Waals surface area (Å²) in [6, 6.07) is -0.413. The van der Waals surface area contributed by atoms with Gasteiger partial charge in [-0.3, -0.25) is 0 Å². The fourth-order valence-corrected chi connectivity index (χ4v) is 7.22. The molecule has 0 aromatic carbocycles. The van der Waals surface area contributed by atoms with Gasteiger partial charge in [-0.1, -0.05) is 23.9 Å². The third kappa shape index (κ3) is 5.87. The number of nitrogens with one attached hydrogen (secondary N) is 1. The van der Waals surface area contributed by atoms with Gasteiger partial charge in [0.25, 0.3) is 0 Å². The summed E-state index contributed by atoms with van der Waals surface area (Å²) < 4.78 is 38.7. The fourth-order valence-electron chi connectivity index (χ4n) is 6.52. The van der Waals surface area contributed by atoms with E-state index in [1.165, 1.54) is 0 Å². The highest BCUT2D eigenvalue weighted by atomic mass is 32.2. The number of ether oxygens (including phenoxy) is 6. The number of anilines is 1. The summed E-state index contributed by atoms with van der Waals surface area (Å²) in [4.78, 5) is 9.76. The molecule has 0 unspecified atom stereocenters. The van der Waals surface area contributed by atoms with E-state index in [9.17, 15) is 10.2 Å². The third-order valence-corrected chi connectivity index (χ3v) is 9.07. The second-order valence-corrected chi connectivity index (χ2v) is 13.2. The molecule has 2 aromatic rings. The molecule has 4 fully saturated rings. The first-order valence-corrected chi connectivity index (χ1v) is 15.8. The zero-order valence-electron chi connectivity index (χ0n) is 24.8. The van der Waals surface area contributed by atoms with Gasteiger partial charge in [-0.15, -0.1) is 5.10 Å². The average Bonchev–Trinajstić information content (AvgIpc) is 3.72. The van der Waals surface area contributed by atoms with E-state index < -0.39 is 11.6 Å². The summed E-state index contributed by atoms with van der Waals surface area (Å²) in [6.07, 6.45) is 0.467. The van der Waals surface area contributed by atoms with Crippen LogP contribution in [-0.2, 0) is 28.4 Å². The summed E-state index contributed by atoms with van der Waals surface area (Å²) in [5.41, 5.74) is 1.14. The molecule has 0 radical (unpaired) electrons. The Kier molecular flexibility index (Phi) is 8.68. The van der Waals surface area contributed by atoms with E-state index in [1.807, 2.05) is 32.4 Å². The van der Waals surface area contributed by atoms with Gasteiger partial charge in [0, 0.05) is 12.2 Å². The average molecular weight is 611 g/mol. The van der Waals surface area contributed by atoms with Gasteiger partial charge in [0.2, 0.25) is 0 Å². The van der Waals surface area contributed by atoms with Crippen molar-refractivity contribution in [3.8, 4) is 0 Å². The zero-order valence-corrected chi connectivity index (χ0v) is 25.6. The summed E-state index contributed by atoms with van der Waals surface area (Å²) in [7, 11) is 0. The van der Waals surface area contributed by atoms with Crippen molar-refractivity contribution in [3.63, 3.8) is 0 Å². The molecule has 2 saturated carbocycles. The van der Waals surface area contributed by atoms with E-state index in [4.69, 9.17) is 38.4 Å². The van der Waals surface area contributed by atoms with Crippen molar-refractivity contribution in [2.75, 3.05) is 37.5 Å². The monoisotopic (exact) mass is 610 g/mol. The van der Waals surface area contributed by atoms with Gasteiger partial charge in [-0.2, -0.15) is 0 Å². The minimum Gasteiger partial charge on any atom is -0.394 e.